The summed E-state index contributed by atoms with van der Waals surface area (Å²) in [6, 6.07) is 8.21. The molecule has 0 amide bonds. The van der Waals surface area contributed by atoms with Crippen molar-refractivity contribution in [3.05, 3.63) is 72.2 Å². The minimum atomic E-state index is -3.80. The summed E-state index contributed by atoms with van der Waals surface area (Å²) < 4.78 is 32.4. The first-order valence-electron chi connectivity index (χ1n) is 8.48. The second-order valence-electron chi connectivity index (χ2n) is 6.07. The fourth-order valence-electron chi connectivity index (χ4n) is 2.82. The smallest absolute Gasteiger partial charge is 0.356 e. The highest BCUT2D eigenvalue weighted by Gasteiger charge is 2.22. The van der Waals surface area contributed by atoms with Crippen LogP contribution in [0.25, 0.3) is 10.9 Å². The molecular formula is C20H20N2O4S. The highest BCUT2D eigenvalue weighted by atomic mass is 32.2. The number of ether oxygens (including phenoxy) is 1. The van der Waals surface area contributed by atoms with E-state index in [0.717, 1.165) is 11.1 Å². The molecule has 0 N–H and O–H groups in total. The van der Waals surface area contributed by atoms with Crippen molar-refractivity contribution < 1.29 is 17.9 Å². The molecule has 0 aliphatic rings. The topological polar surface area (TPSA) is 78.3 Å². The van der Waals surface area contributed by atoms with Gasteiger partial charge in [0, 0.05) is 11.6 Å². The normalized spacial score (nSPS) is 11.5. The van der Waals surface area contributed by atoms with E-state index in [1.807, 2.05) is 6.92 Å². The quantitative estimate of drug-likeness (QED) is 0.480. The second-order valence-corrected chi connectivity index (χ2v) is 7.88. The molecule has 0 spiro atoms. The molecule has 3 rings (SSSR count). The van der Waals surface area contributed by atoms with Crippen molar-refractivity contribution in [3.63, 3.8) is 0 Å². The Morgan fingerprint density at radius 3 is 2.63 bits per heavy atom. The third kappa shape index (κ3) is 3.50. The molecular weight excluding hydrogens is 364 g/mol. The summed E-state index contributed by atoms with van der Waals surface area (Å²) in [7, 11) is -3.80. The molecule has 6 nitrogen and oxygen atoms in total. The Labute approximate surface area is 158 Å². The summed E-state index contributed by atoms with van der Waals surface area (Å²) in [4.78, 5) is 16.3. The van der Waals surface area contributed by atoms with E-state index in [1.165, 1.54) is 10.2 Å². The lowest BCUT2D eigenvalue weighted by Crippen LogP contribution is -2.12. The van der Waals surface area contributed by atoms with Crippen LogP contribution in [-0.4, -0.2) is 30.0 Å². The van der Waals surface area contributed by atoms with Crippen LogP contribution in [0, 0.1) is 6.92 Å². The third-order valence-electron chi connectivity index (χ3n) is 4.17. The highest BCUT2D eigenvalue weighted by Crippen LogP contribution is 2.27. The van der Waals surface area contributed by atoms with Crippen molar-refractivity contribution in [1.29, 1.82) is 0 Å². The number of hydrogen-bond acceptors (Lipinski definition) is 5. The van der Waals surface area contributed by atoms with Crippen molar-refractivity contribution in [2.24, 2.45) is 0 Å². The number of aromatic nitrogens is 2. The predicted molar refractivity (Wildman–Crippen MR) is 103 cm³/mol. The largest absolute Gasteiger partial charge is 0.461 e. The Morgan fingerprint density at radius 1 is 1.30 bits per heavy atom. The lowest BCUT2D eigenvalue weighted by Gasteiger charge is -2.08. The van der Waals surface area contributed by atoms with E-state index in [4.69, 9.17) is 4.74 Å². The number of esters is 1. The van der Waals surface area contributed by atoms with Crippen LogP contribution >= 0.6 is 0 Å². The molecule has 0 aliphatic carbocycles. The van der Waals surface area contributed by atoms with Crippen molar-refractivity contribution in [3.8, 4) is 0 Å². The van der Waals surface area contributed by atoms with Gasteiger partial charge in [0.1, 0.15) is 5.69 Å². The molecule has 0 unspecified atom stereocenters. The number of aryl methyl sites for hydroxylation is 1. The van der Waals surface area contributed by atoms with Crippen LogP contribution < -0.4 is 0 Å². The fourth-order valence-corrected chi connectivity index (χ4v) is 4.20. The van der Waals surface area contributed by atoms with Crippen LogP contribution in [-0.2, 0) is 21.2 Å². The van der Waals surface area contributed by atoms with Gasteiger partial charge < -0.3 is 4.74 Å². The van der Waals surface area contributed by atoms with Gasteiger partial charge >= 0.3 is 5.97 Å². The standard InChI is InChI=1S/C20H20N2O4S/c1-4-6-15-13-22(27(24,25)16-9-7-14(3)8-10-16)19-12-21-18(11-17(15)19)20(23)26-5-2/h4,7-13H,1,5-6H2,2-3H3. The second kappa shape index (κ2) is 7.36. The van der Waals surface area contributed by atoms with Crippen molar-refractivity contribution >= 4 is 26.9 Å². The Morgan fingerprint density at radius 2 is 2.00 bits per heavy atom. The molecule has 7 heteroatoms. The van der Waals surface area contributed by atoms with Gasteiger partial charge in [-0.1, -0.05) is 23.8 Å². The van der Waals surface area contributed by atoms with Gasteiger partial charge in [0.2, 0.25) is 0 Å². The van der Waals surface area contributed by atoms with Crippen LogP contribution in [0.3, 0.4) is 0 Å². The molecule has 1 aromatic carbocycles. The predicted octanol–water partition coefficient (Wildman–Crippen LogP) is 3.49. The molecule has 0 atom stereocenters. The Bertz CT molecular complexity index is 1110. The minimum absolute atomic E-state index is 0.139. The summed E-state index contributed by atoms with van der Waals surface area (Å²) in [5.41, 5.74) is 2.25. The monoisotopic (exact) mass is 384 g/mol. The van der Waals surface area contributed by atoms with Gasteiger partial charge in [-0.15, -0.1) is 6.58 Å². The molecule has 0 radical (unpaired) electrons. The Kier molecular flexibility index (Phi) is 5.14. The van der Waals surface area contributed by atoms with Gasteiger partial charge in [0.05, 0.1) is 23.2 Å². The van der Waals surface area contributed by atoms with Gasteiger partial charge in [-0.05, 0) is 44.0 Å². The maximum Gasteiger partial charge on any atom is 0.356 e. The van der Waals surface area contributed by atoms with Gasteiger partial charge in [0.15, 0.2) is 0 Å². The number of pyridine rings is 1. The van der Waals surface area contributed by atoms with Gasteiger partial charge in [-0.25, -0.2) is 22.2 Å². The zero-order chi connectivity index (χ0) is 19.6. The summed E-state index contributed by atoms with van der Waals surface area (Å²) in [6.45, 7) is 7.57. The van der Waals surface area contributed by atoms with Gasteiger partial charge in [-0.3, -0.25) is 0 Å². The number of nitrogens with zero attached hydrogens (tertiary/aromatic N) is 2. The first-order chi connectivity index (χ1) is 12.9. The number of allylic oxidation sites excluding steroid dienone is 1. The zero-order valence-corrected chi connectivity index (χ0v) is 16.0. The average molecular weight is 384 g/mol. The summed E-state index contributed by atoms with van der Waals surface area (Å²) >= 11 is 0. The summed E-state index contributed by atoms with van der Waals surface area (Å²) in [6.07, 6.45) is 5.08. The molecule has 27 heavy (non-hydrogen) atoms. The van der Waals surface area contributed by atoms with Crippen molar-refractivity contribution in [2.75, 3.05) is 6.61 Å². The molecule has 140 valence electrons. The van der Waals surface area contributed by atoms with E-state index in [-0.39, 0.29) is 17.2 Å². The number of carbonyl (C=O) groups is 1. The molecule has 0 saturated carbocycles. The molecule has 0 saturated heterocycles. The Hall–Kier alpha value is -2.93. The van der Waals surface area contributed by atoms with Crippen LogP contribution in [0.1, 0.15) is 28.5 Å². The number of benzene rings is 1. The molecule has 0 aliphatic heterocycles. The average Bonchev–Trinajstić information content (AvgIpc) is 3.01. The highest BCUT2D eigenvalue weighted by molar-refractivity contribution is 7.90. The fraction of sp³-hybridized carbons (Fsp3) is 0.200. The summed E-state index contributed by atoms with van der Waals surface area (Å²) in [5.74, 6) is -0.543. The van der Waals surface area contributed by atoms with Gasteiger partial charge in [0.25, 0.3) is 10.0 Å². The van der Waals surface area contributed by atoms with E-state index in [1.54, 1.807) is 49.5 Å². The third-order valence-corrected chi connectivity index (χ3v) is 5.85. The van der Waals surface area contributed by atoms with Crippen LogP contribution in [0.4, 0.5) is 0 Å². The number of fused-ring (bicyclic) bond motifs is 1. The molecule has 3 aromatic rings. The van der Waals surface area contributed by atoms with E-state index in [0.29, 0.717) is 17.3 Å². The van der Waals surface area contributed by atoms with E-state index < -0.39 is 16.0 Å². The number of rotatable bonds is 6. The van der Waals surface area contributed by atoms with Gasteiger partial charge in [-0.2, -0.15) is 0 Å². The lowest BCUT2D eigenvalue weighted by molar-refractivity contribution is 0.0519. The van der Waals surface area contributed by atoms with Crippen molar-refractivity contribution in [2.45, 2.75) is 25.2 Å². The summed E-state index contributed by atoms with van der Waals surface area (Å²) in [5, 5.41) is 0.628. The van der Waals surface area contributed by atoms with E-state index in [9.17, 15) is 13.2 Å². The molecule has 2 aromatic heterocycles. The van der Waals surface area contributed by atoms with Crippen LogP contribution in [0.2, 0.25) is 0 Å². The van der Waals surface area contributed by atoms with Crippen LogP contribution in [0.5, 0.6) is 0 Å². The molecule has 0 bridgehead atoms. The number of hydrogen-bond donors (Lipinski definition) is 0. The minimum Gasteiger partial charge on any atom is -0.461 e. The maximum atomic E-state index is 13.1. The van der Waals surface area contributed by atoms with Crippen LogP contribution in [0.15, 0.2) is 60.3 Å². The van der Waals surface area contributed by atoms with Crippen molar-refractivity contribution in [1.82, 2.24) is 8.96 Å². The Balaban J connectivity index is 2.20. The lowest BCUT2D eigenvalue weighted by atomic mass is 10.1. The molecule has 0 fully saturated rings. The SMILES string of the molecule is C=CCc1cn(S(=O)(=O)c2ccc(C)cc2)c2cnc(C(=O)OCC)cc12. The number of carbonyl (C=O) groups excluding carboxylic acids is 1. The van der Waals surface area contributed by atoms with E-state index in [2.05, 4.69) is 11.6 Å². The molecule has 2 heterocycles. The van der Waals surface area contributed by atoms with E-state index >= 15 is 0 Å². The maximum absolute atomic E-state index is 13.1. The first-order valence-corrected chi connectivity index (χ1v) is 9.92. The first kappa shape index (κ1) is 18.8. The zero-order valence-electron chi connectivity index (χ0n) is 15.2.